The highest BCUT2D eigenvalue weighted by atomic mass is 16.5. The molecule has 1 aromatic heterocycles. The molecule has 3 N–H and O–H groups in total. The number of nitrogens with one attached hydrogen (secondary N) is 3. The van der Waals surface area contributed by atoms with Crippen molar-refractivity contribution in [3.63, 3.8) is 0 Å². The Morgan fingerprint density at radius 2 is 2.04 bits per heavy atom. The summed E-state index contributed by atoms with van der Waals surface area (Å²) in [5.74, 6) is 1.77. The van der Waals surface area contributed by atoms with Crippen molar-refractivity contribution in [2.24, 2.45) is 4.99 Å². The van der Waals surface area contributed by atoms with E-state index >= 15 is 0 Å². The summed E-state index contributed by atoms with van der Waals surface area (Å²) in [4.78, 5) is 4.73. The fraction of sp³-hybridized carbons (Fsp3) is 0.524. The second-order valence-electron chi connectivity index (χ2n) is 6.71. The molecule has 1 aromatic carbocycles. The Balaban J connectivity index is 1.91. The van der Waals surface area contributed by atoms with Crippen LogP contribution in [0.2, 0.25) is 0 Å². The lowest BCUT2D eigenvalue weighted by atomic mass is 10.1. The van der Waals surface area contributed by atoms with Crippen molar-refractivity contribution < 1.29 is 4.74 Å². The van der Waals surface area contributed by atoms with Crippen LogP contribution in [-0.4, -0.2) is 35.9 Å². The fourth-order valence-corrected chi connectivity index (χ4v) is 2.76. The van der Waals surface area contributed by atoms with Crippen LogP contribution in [0.25, 0.3) is 0 Å². The quantitative estimate of drug-likeness (QED) is 0.339. The van der Waals surface area contributed by atoms with E-state index in [1.165, 1.54) is 11.1 Å². The van der Waals surface area contributed by atoms with Gasteiger partial charge in [0.2, 0.25) is 0 Å². The normalized spacial score (nSPS) is 11.5. The summed E-state index contributed by atoms with van der Waals surface area (Å²) in [5.41, 5.74) is 4.74. The van der Waals surface area contributed by atoms with Crippen LogP contribution in [-0.2, 0) is 13.0 Å². The second kappa shape index (κ2) is 11.3. The van der Waals surface area contributed by atoms with Gasteiger partial charge in [0.05, 0.1) is 19.3 Å². The van der Waals surface area contributed by atoms with Gasteiger partial charge in [0, 0.05) is 24.3 Å². The molecule has 0 saturated carbocycles. The van der Waals surface area contributed by atoms with Crippen molar-refractivity contribution in [1.29, 1.82) is 0 Å². The fourth-order valence-electron chi connectivity index (χ4n) is 2.76. The lowest BCUT2D eigenvalue weighted by Gasteiger charge is -2.13. The zero-order valence-electron chi connectivity index (χ0n) is 17.1. The van der Waals surface area contributed by atoms with Gasteiger partial charge in [0.25, 0.3) is 0 Å². The van der Waals surface area contributed by atoms with E-state index in [-0.39, 0.29) is 0 Å². The Morgan fingerprint density at radius 3 is 2.74 bits per heavy atom. The third-order valence-electron chi connectivity index (χ3n) is 4.29. The van der Waals surface area contributed by atoms with Crippen LogP contribution in [0.15, 0.2) is 29.4 Å². The van der Waals surface area contributed by atoms with E-state index in [1.54, 1.807) is 0 Å². The van der Waals surface area contributed by atoms with Crippen LogP contribution >= 0.6 is 0 Å². The number of hydrogen-bond donors (Lipinski definition) is 3. The average Bonchev–Trinajstić information content (AvgIpc) is 3.07. The summed E-state index contributed by atoms with van der Waals surface area (Å²) in [5, 5.41) is 13.8. The Hall–Kier alpha value is -2.50. The van der Waals surface area contributed by atoms with Crippen LogP contribution in [0.4, 0.5) is 0 Å². The topological polar surface area (TPSA) is 74.3 Å². The van der Waals surface area contributed by atoms with Crippen LogP contribution in [0.1, 0.15) is 49.1 Å². The number of aromatic nitrogens is 2. The van der Waals surface area contributed by atoms with Crippen molar-refractivity contribution in [3.8, 4) is 5.75 Å². The molecule has 2 aromatic rings. The van der Waals surface area contributed by atoms with Crippen molar-refractivity contribution >= 4 is 5.96 Å². The summed E-state index contributed by atoms with van der Waals surface area (Å²) >= 11 is 0. The number of nitrogens with zero attached hydrogens (tertiary/aromatic N) is 2. The zero-order valence-corrected chi connectivity index (χ0v) is 17.1. The molecule has 0 spiro atoms. The number of rotatable bonds is 10. The maximum atomic E-state index is 5.89. The Labute approximate surface area is 162 Å². The summed E-state index contributed by atoms with van der Waals surface area (Å²) in [7, 11) is 0. The molecule has 6 heteroatoms. The SMILES string of the molecule is CCCOc1cc(C)ccc1CN=C(NCC)NCCCc1cn[nH]c1C. The van der Waals surface area contributed by atoms with Crippen molar-refractivity contribution in [2.75, 3.05) is 19.7 Å². The van der Waals surface area contributed by atoms with Gasteiger partial charge in [-0.15, -0.1) is 0 Å². The Morgan fingerprint density at radius 1 is 1.19 bits per heavy atom. The number of guanidine groups is 1. The molecule has 0 unspecified atom stereocenters. The Bertz CT molecular complexity index is 723. The smallest absolute Gasteiger partial charge is 0.191 e. The van der Waals surface area contributed by atoms with Gasteiger partial charge in [-0.25, -0.2) is 4.99 Å². The highest BCUT2D eigenvalue weighted by molar-refractivity contribution is 5.79. The van der Waals surface area contributed by atoms with Crippen LogP contribution in [0.3, 0.4) is 0 Å². The van der Waals surface area contributed by atoms with Crippen LogP contribution < -0.4 is 15.4 Å². The van der Waals surface area contributed by atoms with Gasteiger partial charge in [-0.2, -0.15) is 5.10 Å². The van der Waals surface area contributed by atoms with E-state index < -0.39 is 0 Å². The first kappa shape index (κ1) is 20.8. The minimum absolute atomic E-state index is 0.593. The van der Waals surface area contributed by atoms with Crippen molar-refractivity contribution in [2.45, 2.75) is 53.5 Å². The first-order valence-electron chi connectivity index (χ1n) is 9.87. The van der Waals surface area contributed by atoms with Gasteiger partial charge >= 0.3 is 0 Å². The van der Waals surface area contributed by atoms with E-state index in [1.807, 2.05) is 6.20 Å². The molecule has 2 rings (SSSR count). The van der Waals surface area contributed by atoms with E-state index in [0.29, 0.717) is 6.54 Å². The van der Waals surface area contributed by atoms with E-state index in [0.717, 1.165) is 61.9 Å². The van der Waals surface area contributed by atoms with Crippen molar-refractivity contribution in [1.82, 2.24) is 20.8 Å². The summed E-state index contributed by atoms with van der Waals surface area (Å²) in [6.07, 6.45) is 4.93. The monoisotopic (exact) mass is 371 g/mol. The number of aryl methyl sites for hydroxylation is 3. The highest BCUT2D eigenvalue weighted by Crippen LogP contribution is 2.21. The van der Waals surface area contributed by atoms with E-state index in [4.69, 9.17) is 9.73 Å². The third kappa shape index (κ3) is 6.96. The molecular weight excluding hydrogens is 338 g/mol. The second-order valence-corrected chi connectivity index (χ2v) is 6.71. The predicted octanol–water partition coefficient (Wildman–Crippen LogP) is 3.50. The van der Waals surface area contributed by atoms with E-state index in [9.17, 15) is 0 Å². The lowest BCUT2D eigenvalue weighted by molar-refractivity contribution is 0.314. The first-order chi connectivity index (χ1) is 13.1. The van der Waals surface area contributed by atoms with Crippen LogP contribution in [0.5, 0.6) is 5.75 Å². The molecule has 0 saturated heterocycles. The molecule has 0 bridgehead atoms. The molecule has 6 nitrogen and oxygen atoms in total. The van der Waals surface area contributed by atoms with E-state index in [2.05, 4.69) is 66.7 Å². The van der Waals surface area contributed by atoms with Gasteiger partial charge in [0.15, 0.2) is 5.96 Å². The first-order valence-corrected chi connectivity index (χ1v) is 9.87. The number of aliphatic imine (C=N–C) groups is 1. The summed E-state index contributed by atoms with van der Waals surface area (Å²) < 4.78 is 5.89. The number of H-pyrrole nitrogens is 1. The molecule has 148 valence electrons. The summed E-state index contributed by atoms with van der Waals surface area (Å²) in [6.45, 7) is 11.4. The lowest BCUT2D eigenvalue weighted by Crippen LogP contribution is -2.37. The maximum Gasteiger partial charge on any atom is 0.191 e. The molecule has 0 aliphatic rings. The summed E-state index contributed by atoms with van der Waals surface area (Å²) in [6, 6.07) is 6.31. The molecule has 0 amide bonds. The standard InChI is InChI=1S/C21H33N5O/c1-5-12-27-20-13-16(3)9-10-19(20)14-24-21(22-6-2)23-11-7-8-18-15-25-26-17(18)4/h9-10,13,15H,5-8,11-12,14H2,1-4H3,(H,25,26)(H2,22,23,24). The maximum absolute atomic E-state index is 5.89. The molecular formula is C21H33N5O. The average molecular weight is 372 g/mol. The third-order valence-corrected chi connectivity index (χ3v) is 4.29. The number of ether oxygens (including phenoxy) is 1. The minimum atomic E-state index is 0.593. The zero-order chi connectivity index (χ0) is 19.5. The van der Waals surface area contributed by atoms with Gasteiger partial charge in [-0.3, -0.25) is 5.10 Å². The molecule has 0 atom stereocenters. The van der Waals surface area contributed by atoms with Gasteiger partial charge < -0.3 is 15.4 Å². The Kier molecular flexibility index (Phi) is 8.68. The minimum Gasteiger partial charge on any atom is -0.493 e. The molecule has 27 heavy (non-hydrogen) atoms. The molecule has 0 fully saturated rings. The number of benzene rings is 1. The molecule has 0 aliphatic carbocycles. The van der Waals surface area contributed by atoms with Crippen LogP contribution in [0, 0.1) is 13.8 Å². The van der Waals surface area contributed by atoms with Gasteiger partial charge in [-0.05, 0) is 57.2 Å². The molecule has 0 radical (unpaired) electrons. The van der Waals surface area contributed by atoms with Gasteiger partial charge in [-0.1, -0.05) is 19.1 Å². The number of aromatic amines is 1. The van der Waals surface area contributed by atoms with Gasteiger partial charge in [0.1, 0.15) is 5.75 Å². The highest BCUT2D eigenvalue weighted by Gasteiger charge is 2.05. The molecule has 0 aliphatic heterocycles. The largest absolute Gasteiger partial charge is 0.493 e. The molecule has 1 heterocycles. The van der Waals surface area contributed by atoms with Crippen molar-refractivity contribution in [3.05, 3.63) is 46.8 Å². The number of hydrogen-bond acceptors (Lipinski definition) is 3. The predicted molar refractivity (Wildman–Crippen MR) is 111 cm³/mol.